The van der Waals surface area contributed by atoms with Crippen molar-refractivity contribution >= 4 is 11.8 Å². The minimum Gasteiger partial charge on any atom is -0.126 e. The van der Waals surface area contributed by atoms with Crippen molar-refractivity contribution in [1.29, 1.82) is 0 Å². The minimum absolute atomic E-state index is 1.05. The second kappa shape index (κ2) is 4.88. The van der Waals surface area contributed by atoms with E-state index < -0.39 is 0 Å². The Balaban J connectivity index is 1.71. The predicted molar refractivity (Wildman–Crippen MR) is 63.9 cm³/mol. The number of hydrogen-bond acceptors (Lipinski definition) is 1. The molecular weight excluding hydrogens is 188 g/mol. The molecule has 0 N–H and O–H groups in total. The first-order chi connectivity index (χ1) is 6.84. The zero-order valence-electron chi connectivity index (χ0n) is 8.83. The third-order valence-electron chi connectivity index (χ3n) is 3.04. The Morgan fingerprint density at radius 3 is 2.50 bits per heavy atom. The Morgan fingerprint density at radius 2 is 1.93 bits per heavy atom. The Hall–Kier alpha value is -0.430. The molecule has 1 heteroatoms. The van der Waals surface area contributed by atoms with Crippen molar-refractivity contribution in [3.05, 3.63) is 29.8 Å². The quantitative estimate of drug-likeness (QED) is 0.663. The van der Waals surface area contributed by atoms with Gasteiger partial charge in [0.05, 0.1) is 0 Å². The van der Waals surface area contributed by atoms with E-state index in [1.54, 1.807) is 0 Å². The van der Waals surface area contributed by atoms with Crippen LogP contribution in [0.25, 0.3) is 0 Å². The van der Waals surface area contributed by atoms with E-state index in [4.69, 9.17) is 0 Å². The largest absolute Gasteiger partial charge is 0.126 e. The summed E-state index contributed by atoms with van der Waals surface area (Å²) >= 11 is 2.01. The topological polar surface area (TPSA) is 0 Å². The van der Waals surface area contributed by atoms with Crippen LogP contribution in [-0.2, 0) is 0 Å². The fourth-order valence-corrected chi connectivity index (χ4v) is 2.77. The van der Waals surface area contributed by atoms with Crippen molar-refractivity contribution in [2.75, 3.05) is 5.75 Å². The number of thioether (sulfide) groups is 1. The molecule has 2 rings (SSSR count). The smallest absolute Gasteiger partial charge is 0.00721 e. The second-order valence-corrected chi connectivity index (χ2v) is 5.42. The summed E-state index contributed by atoms with van der Waals surface area (Å²) in [7, 11) is 0. The number of rotatable bonds is 4. The number of benzene rings is 1. The first kappa shape index (κ1) is 10.1. The highest BCUT2D eigenvalue weighted by Gasteiger charge is 2.16. The van der Waals surface area contributed by atoms with E-state index >= 15 is 0 Å². The van der Waals surface area contributed by atoms with Crippen molar-refractivity contribution < 1.29 is 0 Å². The molecule has 0 heterocycles. The van der Waals surface area contributed by atoms with Crippen LogP contribution in [0.5, 0.6) is 0 Å². The fourth-order valence-electron chi connectivity index (χ4n) is 1.76. The van der Waals surface area contributed by atoms with Crippen molar-refractivity contribution in [1.82, 2.24) is 0 Å². The zero-order chi connectivity index (χ0) is 9.80. The minimum atomic E-state index is 1.05. The van der Waals surface area contributed by atoms with Gasteiger partial charge in [0.1, 0.15) is 0 Å². The highest BCUT2D eigenvalue weighted by molar-refractivity contribution is 7.99. The van der Waals surface area contributed by atoms with Gasteiger partial charge in [0.2, 0.25) is 0 Å². The van der Waals surface area contributed by atoms with Crippen LogP contribution in [0.2, 0.25) is 0 Å². The lowest BCUT2D eigenvalue weighted by Crippen LogP contribution is -2.11. The molecule has 76 valence electrons. The van der Waals surface area contributed by atoms with Crippen LogP contribution in [0.1, 0.15) is 31.2 Å². The lowest BCUT2D eigenvalue weighted by molar-refractivity contribution is 0.309. The van der Waals surface area contributed by atoms with Gasteiger partial charge in [-0.05, 0) is 37.1 Å². The van der Waals surface area contributed by atoms with Crippen molar-refractivity contribution in [2.24, 2.45) is 5.92 Å². The third-order valence-corrected chi connectivity index (χ3v) is 4.09. The van der Waals surface area contributed by atoms with Crippen LogP contribution >= 0.6 is 11.8 Å². The van der Waals surface area contributed by atoms with E-state index in [9.17, 15) is 0 Å². The molecule has 0 nitrogen and oxygen atoms in total. The molecular formula is C13H18S. The predicted octanol–water partition coefficient (Wildman–Crippen LogP) is 4.28. The highest BCUT2D eigenvalue weighted by atomic mass is 32.2. The molecule has 0 spiro atoms. The van der Waals surface area contributed by atoms with E-state index in [0.717, 1.165) is 5.92 Å². The first-order valence-electron chi connectivity index (χ1n) is 5.54. The number of aryl methyl sites for hydroxylation is 1. The van der Waals surface area contributed by atoms with Gasteiger partial charge in [-0.25, -0.2) is 0 Å². The molecule has 1 aromatic rings. The molecule has 0 atom stereocenters. The summed E-state index contributed by atoms with van der Waals surface area (Å²) in [5.74, 6) is 2.35. The molecule has 0 aliphatic heterocycles. The van der Waals surface area contributed by atoms with Gasteiger partial charge in [-0.3, -0.25) is 0 Å². The molecule has 0 radical (unpaired) electrons. The van der Waals surface area contributed by atoms with Crippen LogP contribution in [0.3, 0.4) is 0 Å². The molecule has 1 saturated carbocycles. The summed E-state index contributed by atoms with van der Waals surface area (Å²) < 4.78 is 0. The maximum Gasteiger partial charge on any atom is 0.00721 e. The summed E-state index contributed by atoms with van der Waals surface area (Å²) in [4.78, 5) is 1.43. The van der Waals surface area contributed by atoms with Crippen LogP contribution in [0, 0.1) is 12.8 Å². The van der Waals surface area contributed by atoms with Gasteiger partial charge in [-0.15, -0.1) is 11.8 Å². The van der Waals surface area contributed by atoms with E-state index in [0.29, 0.717) is 0 Å². The number of hydrogen-bond donors (Lipinski definition) is 0. The summed E-state index contributed by atoms with van der Waals surface area (Å²) in [5, 5.41) is 0. The lowest BCUT2D eigenvalue weighted by atomic mass is 9.84. The summed E-state index contributed by atoms with van der Waals surface area (Å²) in [6, 6.07) is 8.87. The monoisotopic (exact) mass is 206 g/mol. The Labute approximate surface area is 91.1 Å². The normalized spacial score (nSPS) is 16.6. The van der Waals surface area contributed by atoms with Crippen LogP contribution in [0.15, 0.2) is 29.2 Å². The Bertz CT molecular complexity index is 272. The van der Waals surface area contributed by atoms with E-state index in [-0.39, 0.29) is 0 Å². The molecule has 1 aliphatic carbocycles. The molecule has 1 aliphatic rings. The van der Waals surface area contributed by atoms with Gasteiger partial charge in [-0.2, -0.15) is 0 Å². The third kappa shape index (κ3) is 2.78. The SMILES string of the molecule is Cc1ccc(SCCC2CCC2)cc1. The molecule has 14 heavy (non-hydrogen) atoms. The zero-order valence-corrected chi connectivity index (χ0v) is 9.65. The van der Waals surface area contributed by atoms with Crippen LogP contribution in [0.4, 0.5) is 0 Å². The molecule has 1 fully saturated rings. The average Bonchev–Trinajstić information content (AvgIpc) is 2.12. The molecule has 0 bridgehead atoms. The van der Waals surface area contributed by atoms with Crippen LogP contribution in [-0.4, -0.2) is 5.75 Å². The van der Waals surface area contributed by atoms with Gasteiger partial charge < -0.3 is 0 Å². The van der Waals surface area contributed by atoms with Crippen molar-refractivity contribution in [3.8, 4) is 0 Å². The molecule has 0 amide bonds. The molecule has 0 unspecified atom stereocenters. The molecule has 1 aromatic carbocycles. The highest BCUT2D eigenvalue weighted by Crippen LogP contribution is 2.31. The second-order valence-electron chi connectivity index (χ2n) is 4.25. The van der Waals surface area contributed by atoms with E-state index in [1.165, 1.54) is 41.9 Å². The van der Waals surface area contributed by atoms with Gasteiger partial charge in [0.25, 0.3) is 0 Å². The van der Waals surface area contributed by atoms with Crippen molar-refractivity contribution in [2.45, 2.75) is 37.5 Å². The summed E-state index contributed by atoms with van der Waals surface area (Å²) in [6.07, 6.45) is 5.85. The molecule has 0 saturated heterocycles. The summed E-state index contributed by atoms with van der Waals surface area (Å²) in [6.45, 7) is 2.14. The lowest BCUT2D eigenvalue weighted by Gasteiger charge is -2.24. The van der Waals surface area contributed by atoms with E-state index in [1.807, 2.05) is 11.8 Å². The summed E-state index contributed by atoms with van der Waals surface area (Å²) in [5.41, 5.74) is 1.35. The van der Waals surface area contributed by atoms with E-state index in [2.05, 4.69) is 31.2 Å². The molecule has 0 aromatic heterocycles. The Kier molecular flexibility index (Phi) is 3.52. The first-order valence-corrected chi connectivity index (χ1v) is 6.52. The maximum absolute atomic E-state index is 2.24. The van der Waals surface area contributed by atoms with Gasteiger partial charge >= 0.3 is 0 Å². The van der Waals surface area contributed by atoms with Crippen molar-refractivity contribution in [3.63, 3.8) is 0 Å². The maximum atomic E-state index is 2.24. The average molecular weight is 206 g/mol. The van der Waals surface area contributed by atoms with Gasteiger partial charge in [0, 0.05) is 4.90 Å². The van der Waals surface area contributed by atoms with Crippen LogP contribution < -0.4 is 0 Å². The van der Waals surface area contributed by atoms with Gasteiger partial charge in [-0.1, -0.05) is 37.0 Å². The standard InChI is InChI=1S/C13H18S/c1-11-5-7-13(8-6-11)14-10-9-12-3-2-4-12/h5-8,12H,2-4,9-10H2,1H3. The Morgan fingerprint density at radius 1 is 1.21 bits per heavy atom. The fraction of sp³-hybridized carbons (Fsp3) is 0.538. The van der Waals surface area contributed by atoms with Gasteiger partial charge in [0.15, 0.2) is 0 Å².